The number of nitriles is 1. The molecule has 0 amide bonds. The summed E-state index contributed by atoms with van der Waals surface area (Å²) < 4.78 is 50.4. The van der Waals surface area contributed by atoms with E-state index in [1.165, 1.54) is 19.1 Å². The van der Waals surface area contributed by atoms with Crippen LogP contribution in [0.3, 0.4) is 0 Å². The van der Waals surface area contributed by atoms with Gasteiger partial charge in [-0.2, -0.15) is 9.98 Å². The van der Waals surface area contributed by atoms with Crippen molar-refractivity contribution in [1.82, 2.24) is 4.72 Å². The van der Waals surface area contributed by atoms with E-state index in [1.54, 1.807) is 10.8 Å². The fourth-order valence-corrected chi connectivity index (χ4v) is 3.07. The molecule has 6 nitrogen and oxygen atoms in total. The van der Waals surface area contributed by atoms with Crippen molar-refractivity contribution >= 4 is 16.0 Å². The van der Waals surface area contributed by atoms with Crippen molar-refractivity contribution < 1.29 is 27.1 Å². The number of nitrogens with one attached hydrogen (secondary N) is 1. The molecular formula is C12H12F2N2O4S. The van der Waals surface area contributed by atoms with E-state index < -0.39 is 39.8 Å². The summed E-state index contributed by atoms with van der Waals surface area (Å²) in [7, 11) is -4.40. The van der Waals surface area contributed by atoms with E-state index in [0.29, 0.717) is 5.56 Å². The molecule has 1 unspecified atom stereocenters. The largest absolute Gasteiger partial charge is 0.480 e. The molecule has 0 spiro atoms. The molecule has 0 aliphatic heterocycles. The molecule has 114 valence electrons. The highest BCUT2D eigenvalue weighted by Gasteiger charge is 2.29. The number of sulfonamides is 1. The van der Waals surface area contributed by atoms with E-state index in [0.717, 1.165) is 6.07 Å². The number of nitrogens with zero attached hydrogens (tertiary/aromatic N) is 1. The van der Waals surface area contributed by atoms with Gasteiger partial charge in [-0.1, -0.05) is 12.1 Å². The number of carbonyl (C=O) groups is 1. The molecule has 9 heteroatoms. The summed E-state index contributed by atoms with van der Waals surface area (Å²) in [5, 5.41) is 17.8. The highest BCUT2D eigenvalue weighted by molar-refractivity contribution is 7.89. The lowest BCUT2D eigenvalue weighted by Crippen LogP contribution is -2.42. The van der Waals surface area contributed by atoms with Gasteiger partial charge in [-0.25, -0.2) is 17.2 Å². The first-order valence-corrected chi connectivity index (χ1v) is 7.20. The SMILES string of the molecule is Cc1cccc(S(=O)(=O)NC(CC(F)F)C(=O)O)c1C#N. The topological polar surface area (TPSA) is 107 Å². The highest BCUT2D eigenvalue weighted by Crippen LogP contribution is 2.19. The Bertz CT molecular complexity index is 683. The van der Waals surface area contributed by atoms with Crippen LogP contribution in [0.25, 0.3) is 0 Å². The van der Waals surface area contributed by atoms with Gasteiger partial charge in [0.2, 0.25) is 16.4 Å². The summed E-state index contributed by atoms with van der Waals surface area (Å²) in [5.74, 6) is -1.72. The van der Waals surface area contributed by atoms with Gasteiger partial charge in [-0.05, 0) is 18.6 Å². The number of hydrogen-bond acceptors (Lipinski definition) is 4. The first-order valence-electron chi connectivity index (χ1n) is 5.72. The van der Waals surface area contributed by atoms with E-state index in [-0.39, 0.29) is 5.56 Å². The minimum Gasteiger partial charge on any atom is -0.480 e. The second kappa shape index (κ2) is 6.60. The molecule has 21 heavy (non-hydrogen) atoms. The van der Waals surface area contributed by atoms with Gasteiger partial charge in [-0.3, -0.25) is 4.79 Å². The van der Waals surface area contributed by atoms with Crippen LogP contribution in [-0.4, -0.2) is 32.0 Å². The van der Waals surface area contributed by atoms with Gasteiger partial charge in [0, 0.05) is 6.42 Å². The number of hydrogen-bond donors (Lipinski definition) is 2. The van der Waals surface area contributed by atoms with Crippen molar-refractivity contribution in [2.45, 2.75) is 30.7 Å². The van der Waals surface area contributed by atoms with E-state index in [2.05, 4.69) is 0 Å². The molecule has 1 aromatic carbocycles. The van der Waals surface area contributed by atoms with Gasteiger partial charge < -0.3 is 5.11 Å². The molecule has 0 radical (unpaired) electrons. The molecule has 1 rings (SSSR count). The molecule has 1 atom stereocenters. The summed E-state index contributed by atoms with van der Waals surface area (Å²) in [6, 6.07) is 3.71. The average molecular weight is 318 g/mol. The zero-order chi connectivity index (χ0) is 16.2. The third-order valence-corrected chi connectivity index (χ3v) is 4.16. The summed E-state index contributed by atoms with van der Waals surface area (Å²) in [6.07, 6.45) is -4.15. The second-order valence-electron chi connectivity index (χ2n) is 4.20. The minimum absolute atomic E-state index is 0.161. The zero-order valence-corrected chi connectivity index (χ0v) is 11.7. The van der Waals surface area contributed by atoms with Crippen LogP contribution in [0.1, 0.15) is 17.5 Å². The standard InChI is InChI=1S/C12H12F2N2O4S/c1-7-3-2-4-10(8(7)6-15)21(19,20)16-9(12(17)18)5-11(13)14/h2-4,9,11,16H,5H2,1H3,(H,17,18). The average Bonchev–Trinajstić information content (AvgIpc) is 2.36. The third-order valence-electron chi connectivity index (χ3n) is 2.65. The van der Waals surface area contributed by atoms with Crippen LogP contribution in [0.4, 0.5) is 8.78 Å². The Kier molecular flexibility index (Phi) is 5.34. The fraction of sp³-hybridized carbons (Fsp3) is 0.333. The Morgan fingerprint density at radius 3 is 2.57 bits per heavy atom. The van der Waals surface area contributed by atoms with E-state index in [1.807, 2.05) is 0 Å². The predicted molar refractivity (Wildman–Crippen MR) is 68.3 cm³/mol. The molecule has 0 heterocycles. The van der Waals surface area contributed by atoms with Gasteiger partial charge in [0.15, 0.2) is 0 Å². The Labute approximate surface area is 120 Å². The van der Waals surface area contributed by atoms with Crippen LogP contribution in [0, 0.1) is 18.3 Å². The Balaban J connectivity index is 3.21. The predicted octanol–water partition coefficient (Wildman–Crippen LogP) is 1.25. The molecule has 0 aliphatic rings. The van der Waals surface area contributed by atoms with Crippen LogP contribution in [0.15, 0.2) is 23.1 Å². The van der Waals surface area contributed by atoms with Crippen molar-refractivity contribution in [3.8, 4) is 6.07 Å². The van der Waals surface area contributed by atoms with E-state index in [9.17, 15) is 22.0 Å². The maximum absolute atomic E-state index is 12.3. The summed E-state index contributed by atoms with van der Waals surface area (Å²) in [6.45, 7) is 1.51. The fourth-order valence-electron chi connectivity index (χ4n) is 1.64. The molecule has 0 aromatic heterocycles. The maximum Gasteiger partial charge on any atom is 0.321 e. The van der Waals surface area contributed by atoms with Gasteiger partial charge in [0.1, 0.15) is 17.0 Å². The van der Waals surface area contributed by atoms with Crippen LogP contribution in [0.2, 0.25) is 0 Å². The zero-order valence-electron chi connectivity index (χ0n) is 10.9. The first-order chi connectivity index (χ1) is 9.69. The van der Waals surface area contributed by atoms with Crippen molar-refractivity contribution in [1.29, 1.82) is 5.26 Å². The Morgan fingerprint density at radius 1 is 1.48 bits per heavy atom. The lowest BCUT2D eigenvalue weighted by molar-refractivity contribution is -0.140. The number of rotatable bonds is 6. The molecule has 0 fully saturated rings. The van der Waals surface area contributed by atoms with Gasteiger partial charge >= 0.3 is 5.97 Å². The van der Waals surface area contributed by atoms with Gasteiger partial charge in [0.25, 0.3) is 0 Å². The molecule has 0 bridgehead atoms. The second-order valence-corrected chi connectivity index (χ2v) is 5.88. The lowest BCUT2D eigenvalue weighted by Gasteiger charge is -2.15. The number of benzene rings is 1. The third kappa shape index (κ3) is 4.21. The van der Waals surface area contributed by atoms with Crippen LogP contribution in [-0.2, 0) is 14.8 Å². The summed E-state index contributed by atoms with van der Waals surface area (Å²) in [5.41, 5.74) is 0.215. The molecule has 0 saturated carbocycles. The Morgan fingerprint density at radius 2 is 2.10 bits per heavy atom. The summed E-state index contributed by atoms with van der Waals surface area (Å²) in [4.78, 5) is 10.4. The number of aryl methyl sites for hydroxylation is 1. The van der Waals surface area contributed by atoms with Crippen LogP contribution < -0.4 is 4.72 Å². The van der Waals surface area contributed by atoms with Crippen molar-refractivity contribution in [2.75, 3.05) is 0 Å². The molecule has 0 saturated heterocycles. The summed E-state index contributed by atoms with van der Waals surface area (Å²) >= 11 is 0. The quantitative estimate of drug-likeness (QED) is 0.821. The number of carboxylic acid groups (broad SMARTS) is 1. The maximum atomic E-state index is 12.3. The van der Waals surface area contributed by atoms with Crippen molar-refractivity contribution in [3.63, 3.8) is 0 Å². The molecule has 2 N–H and O–H groups in total. The molecule has 1 aromatic rings. The van der Waals surface area contributed by atoms with E-state index in [4.69, 9.17) is 10.4 Å². The van der Waals surface area contributed by atoms with E-state index >= 15 is 0 Å². The normalized spacial score (nSPS) is 12.9. The lowest BCUT2D eigenvalue weighted by atomic mass is 10.1. The molecule has 0 aliphatic carbocycles. The highest BCUT2D eigenvalue weighted by atomic mass is 32.2. The minimum atomic E-state index is -4.40. The van der Waals surface area contributed by atoms with Crippen molar-refractivity contribution in [2.24, 2.45) is 0 Å². The van der Waals surface area contributed by atoms with Crippen LogP contribution in [0.5, 0.6) is 0 Å². The number of carboxylic acids is 1. The van der Waals surface area contributed by atoms with Gasteiger partial charge in [-0.15, -0.1) is 0 Å². The first kappa shape index (κ1) is 17.0. The Hall–Kier alpha value is -2.05. The van der Waals surface area contributed by atoms with Crippen LogP contribution >= 0.6 is 0 Å². The number of halogens is 2. The molecular weight excluding hydrogens is 306 g/mol. The number of alkyl halides is 2. The van der Waals surface area contributed by atoms with Crippen molar-refractivity contribution in [3.05, 3.63) is 29.3 Å². The van der Waals surface area contributed by atoms with Gasteiger partial charge in [0.05, 0.1) is 5.56 Å². The monoisotopic (exact) mass is 318 g/mol. The number of aliphatic carboxylic acids is 1. The smallest absolute Gasteiger partial charge is 0.321 e.